The second kappa shape index (κ2) is 4.67. The van der Waals surface area contributed by atoms with Crippen LogP contribution in [0.5, 0.6) is 0 Å². The van der Waals surface area contributed by atoms with Crippen LogP contribution < -0.4 is 5.73 Å². The highest BCUT2D eigenvalue weighted by Gasteiger charge is 2.28. The minimum atomic E-state index is -0.752. The van der Waals surface area contributed by atoms with E-state index in [0.29, 0.717) is 13.1 Å². The second-order valence-corrected chi connectivity index (χ2v) is 3.96. The number of anilines is 1. The quantitative estimate of drug-likeness (QED) is 0.823. The van der Waals surface area contributed by atoms with Gasteiger partial charge in [0, 0.05) is 26.4 Å². The van der Waals surface area contributed by atoms with Crippen molar-refractivity contribution in [2.75, 3.05) is 25.9 Å². The predicted octanol–water partition coefficient (Wildman–Crippen LogP) is 0.664. The fraction of sp³-hybridized carbons (Fsp3) is 0.455. The zero-order chi connectivity index (χ0) is 12.4. The first-order chi connectivity index (χ1) is 8.13. The van der Waals surface area contributed by atoms with E-state index in [1.807, 2.05) is 0 Å². The zero-order valence-corrected chi connectivity index (χ0v) is 9.52. The molecule has 6 heteroatoms. The highest BCUT2D eigenvalue weighted by atomic mass is 19.1. The monoisotopic (exact) mass is 239 g/mol. The number of nitrogens with zero attached hydrogens (tertiary/aromatic N) is 2. The number of carbonyl (C=O) groups excluding carboxylic acids is 1. The van der Waals surface area contributed by atoms with Gasteiger partial charge in [-0.3, -0.25) is 4.79 Å². The molecule has 1 amide bonds. The Balaban J connectivity index is 2.18. The Morgan fingerprint density at radius 1 is 1.71 bits per heavy atom. The molecule has 17 heavy (non-hydrogen) atoms. The summed E-state index contributed by atoms with van der Waals surface area (Å²) in [5, 5.41) is 0. The number of nitrogen functional groups attached to an aromatic ring is 1. The van der Waals surface area contributed by atoms with Crippen molar-refractivity contribution in [3.8, 4) is 0 Å². The van der Waals surface area contributed by atoms with Crippen LogP contribution in [0.4, 0.5) is 10.2 Å². The summed E-state index contributed by atoms with van der Waals surface area (Å²) in [6.07, 6.45) is 2.13. The highest BCUT2D eigenvalue weighted by Crippen LogP contribution is 2.18. The lowest BCUT2D eigenvalue weighted by molar-refractivity contribution is 0.0720. The molecule has 0 aromatic carbocycles. The van der Waals surface area contributed by atoms with Gasteiger partial charge in [0.1, 0.15) is 0 Å². The molecule has 1 fully saturated rings. The van der Waals surface area contributed by atoms with Gasteiger partial charge in [-0.1, -0.05) is 0 Å². The lowest BCUT2D eigenvalue weighted by Gasteiger charge is -2.16. The van der Waals surface area contributed by atoms with Crippen molar-refractivity contribution < 1.29 is 13.9 Å². The van der Waals surface area contributed by atoms with Gasteiger partial charge in [-0.25, -0.2) is 9.37 Å². The molecule has 1 saturated heterocycles. The van der Waals surface area contributed by atoms with E-state index >= 15 is 0 Å². The predicted molar refractivity (Wildman–Crippen MR) is 59.9 cm³/mol. The SMILES string of the molecule is COC1CCN(C(=O)c2ccnc(N)c2F)C1. The van der Waals surface area contributed by atoms with Crippen LogP contribution in [0.25, 0.3) is 0 Å². The smallest absolute Gasteiger partial charge is 0.257 e. The molecular formula is C11H14FN3O2. The van der Waals surface area contributed by atoms with Gasteiger partial charge < -0.3 is 15.4 Å². The summed E-state index contributed by atoms with van der Waals surface area (Å²) in [6, 6.07) is 1.34. The molecular weight excluding hydrogens is 225 g/mol. The summed E-state index contributed by atoms with van der Waals surface area (Å²) in [7, 11) is 1.60. The van der Waals surface area contributed by atoms with Crippen LogP contribution >= 0.6 is 0 Å². The number of rotatable bonds is 2. The van der Waals surface area contributed by atoms with E-state index in [2.05, 4.69) is 4.98 Å². The summed E-state index contributed by atoms with van der Waals surface area (Å²) >= 11 is 0. The molecule has 1 atom stereocenters. The number of methoxy groups -OCH3 is 1. The molecule has 0 spiro atoms. The van der Waals surface area contributed by atoms with Gasteiger partial charge in [-0.2, -0.15) is 0 Å². The zero-order valence-electron chi connectivity index (χ0n) is 9.52. The minimum Gasteiger partial charge on any atom is -0.381 e. The standard InChI is InChI=1S/C11H14FN3O2/c1-17-7-3-5-15(6-7)11(16)8-2-4-14-10(13)9(8)12/h2,4,7H,3,5-6H2,1H3,(H2,13,14). The number of pyridine rings is 1. The van der Waals surface area contributed by atoms with Gasteiger partial charge >= 0.3 is 0 Å². The van der Waals surface area contributed by atoms with Crippen LogP contribution in [0, 0.1) is 5.82 Å². The fourth-order valence-corrected chi connectivity index (χ4v) is 1.90. The molecule has 0 bridgehead atoms. The maximum absolute atomic E-state index is 13.6. The third-order valence-corrected chi connectivity index (χ3v) is 2.91. The van der Waals surface area contributed by atoms with Crippen molar-refractivity contribution in [2.45, 2.75) is 12.5 Å². The first kappa shape index (κ1) is 11.8. The molecule has 1 unspecified atom stereocenters. The second-order valence-electron chi connectivity index (χ2n) is 3.96. The van der Waals surface area contributed by atoms with E-state index in [1.165, 1.54) is 12.3 Å². The molecule has 2 N–H and O–H groups in total. The van der Waals surface area contributed by atoms with E-state index < -0.39 is 5.82 Å². The molecule has 1 aliphatic heterocycles. The van der Waals surface area contributed by atoms with Gasteiger partial charge in [-0.15, -0.1) is 0 Å². The van der Waals surface area contributed by atoms with Gasteiger partial charge in [0.2, 0.25) is 0 Å². The minimum absolute atomic E-state index is 0.0289. The van der Waals surface area contributed by atoms with Gasteiger partial charge in [0.15, 0.2) is 11.6 Å². The number of aromatic nitrogens is 1. The average Bonchev–Trinajstić information content (AvgIpc) is 2.80. The molecule has 1 aromatic rings. The number of halogens is 1. The summed E-state index contributed by atoms with van der Waals surface area (Å²) in [5.74, 6) is -1.37. The van der Waals surface area contributed by atoms with Crippen molar-refractivity contribution in [1.82, 2.24) is 9.88 Å². The maximum atomic E-state index is 13.6. The Labute approximate surface area is 98.4 Å². The van der Waals surface area contributed by atoms with Crippen LogP contribution in [-0.4, -0.2) is 42.1 Å². The van der Waals surface area contributed by atoms with Crippen molar-refractivity contribution in [3.05, 3.63) is 23.6 Å². The molecule has 1 aromatic heterocycles. The van der Waals surface area contributed by atoms with Crippen LogP contribution in [0.15, 0.2) is 12.3 Å². The van der Waals surface area contributed by atoms with E-state index in [-0.39, 0.29) is 23.4 Å². The van der Waals surface area contributed by atoms with Gasteiger partial charge in [0.25, 0.3) is 5.91 Å². The molecule has 0 saturated carbocycles. The van der Waals surface area contributed by atoms with Crippen molar-refractivity contribution in [3.63, 3.8) is 0 Å². The third kappa shape index (κ3) is 2.21. The third-order valence-electron chi connectivity index (χ3n) is 2.91. The molecule has 1 aliphatic rings. The van der Waals surface area contributed by atoms with Crippen LogP contribution in [-0.2, 0) is 4.74 Å². The number of amides is 1. The lowest BCUT2D eigenvalue weighted by Crippen LogP contribution is -2.30. The number of hydrogen-bond donors (Lipinski definition) is 1. The van der Waals surface area contributed by atoms with E-state index in [9.17, 15) is 9.18 Å². The Bertz CT molecular complexity index is 439. The normalized spacial score (nSPS) is 19.6. The van der Waals surface area contributed by atoms with Crippen LogP contribution in [0.3, 0.4) is 0 Å². The number of hydrogen-bond acceptors (Lipinski definition) is 4. The average molecular weight is 239 g/mol. The number of ether oxygens (including phenoxy) is 1. The van der Waals surface area contributed by atoms with E-state index in [0.717, 1.165) is 6.42 Å². The summed E-state index contributed by atoms with van der Waals surface area (Å²) < 4.78 is 18.8. The molecule has 5 nitrogen and oxygen atoms in total. The Morgan fingerprint density at radius 2 is 2.47 bits per heavy atom. The largest absolute Gasteiger partial charge is 0.381 e. The van der Waals surface area contributed by atoms with Crippen molar-refractivity contribution in [2.24, 2.45) is 0 Å². The van der Waals surface area contributed by atoms with Crippen LogP contribution in [0.1, 0.15) is 16.8 Å². The highest BCUT2D eigenvalue weighted by molar-refractivity contribution is 5.95. The summed E-state index contributed by atoms with van der Waals surface area (Å²) in [6.45, 7) is 1.05. The van der Waals surface area contributed by atoms with Crippen molar-refractivity contribution in [1.29, 1.82) is 0 Å². The Kier molecular flexibility index (Phi) is 3.23. The topological polar surface area (TPSA) is 68.5 Å². The molecule has 92 valence electrons. The lowest BCUT2D eigenvalue weighted by atomic mass is 10.2. The number of carbonyl (C=O) groups is 1. The number of nitrogens with two attached hydrogens (primary N) is 1. The van der Waals surface area contributed by atoms with Gasteiger partial charge in [0.05, 0.1) is 11.7 Å². The molecule has 2 rings (SSSR count). The number of likely N-dealkylation sites (tertiary alicyclic amines) is 1. The van der Waals surface area contributed by atoms with Gasteiger partial charge in [-0.05, 0) is 12.5 Å². The molecule has 0 radical (unpaired) electrons. The first-order valence-corrected chi connectivity index (χ1v) is 5.35. The molecule has 2 heterocycles. The summed E-state index contributed by atoms with van der Waals surface area (Å²) in [5.41, 5.74) is 5.30. The Hall–Kier alpha value is -1.69. The first-order valence-electron chi connectivity index (χ1n) is 5.35. The maximum Gasteiger partial charge on any atom is 0.257 e. The fourth-order valence-electron chi connectivity index (χ4n) is 1.90. The van der Waals surface area contributed by atoms with E-state index in [1.54, 1.807) is 12.0 Å². The van der Waals surface area contributed by atoms with E-state index in [4.69, 9.17) is 10.5 Å². The summed E-state index contributed by atoms with van der Waals surface area (Å²) in [4.78, 5) is 17.2. The van der Waals surface area contributed by atoms with Crippen LogP contribution in [0.2, 0.25) is 0 Å². The Morgan fingerprint density at radius 3 is 3.12 bits per heavy atom. The molecule has 0 aliphatic carbocycles. The van der Waals surface area contributed by atoms with Crippen molar-refractivity contribution >= 4 is 11.7 Å².